The molecule has 2 aliphatic heterocycles. The molecule has 4 nitrogen and oxygen atoms in total. The fourth-order valence-corrected chi connectivity index (χ4v) is 3.70. The summed E-state index contributed by atoms with van der Waals surface area (Å²) in [5, 5.41) is 6.86. The average Bonchev–Trinajstić information content (AvgIpc) is 2.83. The van der Waals surface area contributed by atoms with E-state index >= 15 is 0 Å². The third-order valence-corrected chi connectivity index (χ3v) is 4.86. The van der Waals surface area contributed by atoms with Gasteiger partial charge in [-0.2, -0.15) is 0 Å². The van der Waals surface area contributed by atoms with E-state index in [0.717, 1.165) is 57.4 Å². The van der Waals surface area contributed by atoms with Gasteiger partial charge in [-0.25, -0.2) is 0 Å². The smallest absolute Gasteiger partial charge is 0.244 e. The van der Waals surface area contributed by atoms with Crippen LogP contribution >= 0.6 is 0 Å². The fourth-order valence-electron chi connectivity index (χ4n) is 3.70. The van der Waals surface area contributed by atoms with E-state index in [0.29, 0.717) is 11.8 Å². The van der Waals surface area contributed by atoms with Gasteiger partial charge in [0.15, 0.2) is 0 Å². The number of hydrogen-bond acceptors (Lipinski definition) is 3. The molecule has 0 bridgehead atoms. The summed E-state index contributed by atoms with van der Waals surface area (Å²) in [5.41, 5.74) is 7.95. The van der Waals surface area contributed by atoms with Gasteiger partial charge in [-0.3, -0.25) is 4.79 Å². The Balaban J connectivity index is 2.19. The van der Waals surface area contributed by atoms with Crippen molar-refractivity contribution in [3.8, 4) is 0 Å². The first-order valence-electron chi connectivity index (χ1n) is 8.12. The summed E-state index contributed by atoms with van der Waals surface area (Å²) in [7, 11) is 0. The van der Waals surface area contributed by atoms with Gasteiger partial charge in [0.25, 0.3) is 0 Å². The van der Waals surface area contributed by atoms with E-state index < -0.39 is 0 Å². The van der Waals surface area contributed by atoms with Crippen LogP contribution in [0.4, 0.5) is 0 Å². The molecule has 0 aliphatic carbocycles. The Morgan fingerprint density at radius 2 is 1.45 bits per heavy atom. The second kappa shape index (κ2) is 7.79. The molecule has 20 heavy (non-hydrogen) atoms. The van der Waals surface area contributed by atoms with Gasteiger partial charge >= 0.3 is 0 Å². The number of nitrogens with two attached hydrogens (primary N) is 1. The van der Waals surface area contributed by atoms with Crippen LogP contribution in [0.1, 0.15) is 45.4 Å². The van der Waals surface area contributed by atoms with Crippen molar-refractivity contribution in [3.05, 3.63) is 11.1 Å². The SMILES string of the molecule is C/C(=C(/C(N)=O)C1CCCNCC1)C1CCCNCC1. The molecule has 4 heteroatoms. The van der Waals surface area contributed by atoms with Crippen LogP contribution in [-0.4, -0.2) is 32.1 Å². The monoisotopic (exact) mass is 279 g/mol. The summed E-state index contributed by atoms with van der Waals surface area (Å²) in [6, 6.07) is 0. The van der Waals surface area contributed by atoms with E-state index in [1.165, 1.54) is 18.4 Å². The van der Waals surface area contributed by atoms with Crippen molar-refractivity contribution in [3.63, 3.8) is 0 Å². The molecular weight excluding hydrogens is 250 g/mol. The molecule has 0 aromatic carbocycles. The molecule has 2 heterocycles. The first kappa shape index (κ1) is 15.5. The van der Waals surface area contributed by atoms with Crippen LogP contribution in [0.3, 0.4) is 0 Å². The molecule has 0 saturated carbocycles. The molecule has 2 atom stereocenters. The van der Waals surface area contributed by atoms with Gasteiger partial charge in [0, 0.05) is 5.57 Å². The van der Waals surface area contributed by atoms with Crippen LogP contribution in [0.15, 0.2) is 11.1 Å². The number of allylic oxidation sites excluding steroid dienone is 1. The quantitative estimate of drug-likeness (QED) is 0.687. The molecule has 2 rings (SSSR count). The zero-order valence-corrected chi connectivity index (χ0v) is 12.7. The van der Waals surface area contributed by atoms with E-state index in [1.54, 1.807) is 0 Å². The van der Waals surface area contributed by atoms with Crippen LogP contribution in [0.5, 0.6) is 0 Å². The Labute approximate surface area is 122 Å². The molecule has 0 spiro atoms. The van der Waals surface area contributed by atoms with Crippen LogP contribution in [0, 0.1) is 11.8 Å². The maximum Gasteiger partial charge on any atom is 0.244 e. The van der Waals surface area contributed by atoms with E-state index in [2.05, 4.69) is 17.6 Å². The first-order valence-corrected chi connectivity index (χ1v) is 8.12. The third kappa shape index (κ3) is 4.06. The highest BCUT2D eigenvalue weighted by molar-refractivity contribution is 5.93. The summed E-state index contributed by atoms with van der Waals surface area (Å²) >= 11 is 0. The molecule has 4 N–H and O–H groups in total. The van der Waals surface area contributed by atoms with Crippen LogP contribution in [0.2, 0.25) is 0 Å². The summed E-state index contributed by atoms with van der Waals surface area (Å²) in [4.78, 5) is 12.0. The predicted molar refractivity (Wildman–Crippen MR) is 82.3 cm³/mol. The van der Waals surface area contributed by atoms with Crippen molar-refractivity contribution in [2.45, 2.75) is 45.4 Å². The lowest BCUT2D eigenvalue weighted by Gasteiger charge is -2.23. The molecular formula is C16H29N3O. The zero-order valence-electron chi connectivity index (χ0n) is 12.7. The van der Waals surface area contributed by atoms with Crippen molar-refractivity contribution in [1.82, 2.24) is 10.6 Å². The number of rotatable bonds is 3. The predicted octanol–water partition coefficient (Wildman–Crippen LogP) is 1.57. The maximum atomic E-state index is 12.0. The van der Waals surface area contributed by atoms with Crippen molar-refractivity contribution in [2.24, 2.45) is 17.6 Å². The van der Waals surface area contributed by atoms with Crippen LogP contribution in [0.25, 0.3) is 0 Å². The minimum Gasteiger partial charge on any atom is -0.366 e. The zero-order chi connectivity index (χ0) is 14.4. The minimum atomic E-state index is -0.188. The molecule has 114 valence electrons. The Kier molecular flexibility index (Phi) is 6.05. The topological polar surface area (TPSA) is 67.2 Å². The van der Waals surface area contributed by atoms with Gasteiger partial charge in [0.1, 0.15) is 0 Å². The third-order valence-electron chi connectivity index (χ3n) is 4.86. The number of carbonyl (C=O) groups excluding carboxylic acids is 1. The highest BCUT2D eigenvalue weighted by atomic mass is 16.1. The van der Waals surface area contributed by atoms with E-state index in [9.17, 15) is 4.79 Å². The van der Waals surface area contributed by atoms with Gasteiger partial charge in [0.05, 0.1) is 0 Å². The molecule has 0 aromatic heterocycles. The minimum absolute atomic E-state index is 0.188. The van der Waals surface area contributed by atoms with Gasteiger partial charge in [-0.05, 0) is 83.5 Å². The summed E-state index contributed by atoms with van der Waals surface area (Å²) < 4.78 is 0. The second-order valence-corrected chi connectivity index (χ2v) is 6.22. The first-order chi connectivity index (χ1) is 9.70. The van der Waals surface area contributed by atoms with Gasteiger partial charge in [-0.1, -0.05) is 5.57 Å². The Hall–Kier alpha value is -0.870. The molecule has 2 aliphatic rings. The van der Waals surface area contributed by atoms with Gasteiger partial charge in [-0.15, -0.1) is 0 Å². The van der Waals surface area contributed by atoms with Crippen molar-refractivity contribution in [2.75, 3.05) is 26.2 Å². The van der Waals surface area contributed by atoms with Crippen LogP contribution < -0.4 is 16.4 Å². The standard InChI is InChI=1S/C16H29N3O/c1-12(13-4-2-8-18-10-6-13)15(16(17)20)14-5-3-9-19-11-7-14/h13-14,18-19H,2-11H2,1H3,(H2,17,20)/b15-12-. The molecule has 1 amide bonds. The number of amides is 1. The number of hydrogen-bond donors (Lipinski definition) is 3. The Bertz CT molecular complexity index is 349. The molecule has 0 aromatic rings. The summed E-state index contributed by atoms with van der Waals surface area (Å²) in [5.74, 6) is 0.703. The molecule has 2 saturated heterocycles. The molecule has 2 fully saturated rings. The van der Waals surface area contributed by atoms with Crippen molar-refractivity contribution >= 4 is 5.91 Å². The molecule has 0 radical (unpaired) electrons. The number of carbonyl (C=O) groups is 1. The van der Waals surface area contributed by atoms with Crippen LogP contribution in [-0.2, 0) is 4.79 Å². The summed E-state index contributed by atoms with van der Waals surface area (Å²) in [6.07, 6.45) is 6.78. The average molecular weight is 279 g/mol. The highest BCUT2D eigenvalue weighted by Gasteiger charge is 2.26. The highest BCUT2D eigenvalue weighted by Crippen LogP contribution is 2.31. The maximum absolute atomic E-state index is 12.0. The van der Waals surface area contributed by atoms with Crippen molar-refractivity contribution in [1.29, 1.82) is 0 Å². The summed E-state index contributed by atoms with van der Waals surface area (Å²) in [6.45, 7) is 6.37. The number of nitrogens with one attached hydrogen (secondary N) is 2. The Morgan fingerprint density at radius 3 is 2.05 bits per heavy atom. The lowest BCUT2D eigenvalue weighted by atomic mass is 9.81. The number of primary amides is 1. The van der Waals surface area contributed by atoms with Crippen molar-refractivity contribution < 1.29 is 4.79 Å². The molecule has 2 unspecified atom stereocenters. The second-order valence-electron chi connectivity index (χ2n) is 6.22. The lowest BCUT2D eigenvalue weighted by molar-refractivity contribution is -0.115. The Morgan fingerprint density at radius 1 is 0.900 bits per heavy atom. The van der Waals surface area contributed by atoms with E-state index in [-0.39, 0.29) is 5.91 Å². The normalized spacial score (nSPS) is 30.1. The fraction of sp³-hybridized carbons (Fsp3) is 0.812. The van der Waals surface area contributed by atoms with E-state index in [1.807, 2.05) is 0 Å². The van der Waals surface area contributed by atoms with Gasteiger partial charge in [0.2, 0.25) is 5.91 Å². The largest absolute Gasteiger partial charge is 0.366 e. The lowest BCUT2D eigenvalue weighted by Crippen LogP contribution is -2.25. The van der Waals surface area contributed by atoms with E-state index in [4.69, 9.17) is 5.73 Å². The van der Waals surface area contributed by atoms with Gasteiger partial charge < -0.3 is 16.4 Å².